The SMILES string of the molecule is O=C(Cn1cc(C=Nn2c(C3CCCCC3)nc3ccc(Br)cc3c2=O)c2ccccc21)Nc1ccc(F)cc1. The number of carbonyl (C=O) groups excluding carboxylic acids is 1. The summed E-state index contributed by atoms with van der Waals surface area (Å²) in [5.41, 5.74) is 2.63. The Kier molecular flexibility index (Phi) is 7.30. The number of hydrogen-bond acceptors (Lipinski definition) is 4. The third-order valence-electron chi connectivity index (χ3n) is 7.38. The Hall–Kier alpha value is -4.11. The quantitative estimate of drug-likeness (QED) is 0.217. The molecule has 2 heterocycles. The molecule has 0 spiro atoms. The average Bonchev–Trinajstić information content (AvgIpc) is 3.31. The minimum Gasteiger partial charge on any atom is -0.337 e. The molecule has 0 atom stereocenters. The van der Waals surface area contributed by atoms with Crippen molar-refractivity contribution in [2.75, 3.05) is 5.32 Å². The number of nitrogens with zero attached hydrogens (tertiary/aromatic N) is 4. The highest BCUT2D eigenvalue weighted by Gasteiger charge is 2.22. The Morgan fingerprint density at radius 3 is 2.62 bits per heavy atom. The Balaban J connectivity index is 1.37. The van der Waals surface area contributed by atoms with E-state index in [1.807, 2.05) is 47.2 Å². The van der Waals surface area contributed by atoms with Crippen LogP contribution in [0.25, 0.3) is 21.8 Å². The third-order valence-corrected chi connectivity index (χ3v) is 7.87. The van der Waals surface area contributed by atoms with E-state index in [9.17, 15) is 14.0 Å². The van der Waals surface area contributed by atoms with E-state index < -0.39 is 0 Å². The van der Waals surface area contributed by atoms with E-state index in [0.29, 0.717) is 22.4 Å². The first-order chi connectivity index (χ1) is 19.5. The molecule has 0 aliphatic heterocycles. The van der Waals surface area contributed by atoms with Crippen LogP contribution in [-0.4, -0.2) is 26.3 Å². The van der Waals surface area contributed by atoms with Crippen molar-refractivity contribution in [1.82, 2.24) is 14.2 Å². The van der Waals surface area contributed by atoms with Crippen LogP contribution in [0.4, 0.5) is 10.1 Å². The molecule has 2 aromatic heterocycles. The van der Waals surface area contributed by atoms with E-state index in [4.69, 9.17) is 10.1 Å². The van der Waals surface area contributed by atoms with Gasteiger partial charge in [0.1, 0.15) is 18.2 Å². The summed E-state index contributed by atoms with van der Waals surface area (Å²) in [4.78, 5) is 31.4. The number of anilines is 1. The number of nitrogens with one attached hydrogen (secondary N) is 1. The van der Waals surface area contributed by atoms with Gasteiger partial charge in [-0.1, -0.05) is 53.4 Å². The van der Waals surface area contributed by atoms with Crippen molar-refractivity contribution in [1.29, 1.82) is 0 Å². The van der Waals surface area contributed by atoms with Crippen molar-refractivity contribution in [3.63, 3.8) is 0 Å². The van der Waals surface area contributed by atoms with Crippen LogP contribution >= 0.6 is 15.9 Å². The molecule has 1 fully saturated rings. The molecule has 7 nitrogen and oxygen atoms in total. The normalized spacial score (nSPS) is 14.3. The number of para-hydroxylation sites is 1. The summed E-state index contributed by atoms with van der Waals surface area (Å²) in [5.74, 6) is 0.260. The second-order valence-electron chi connectivity index (χ2n) is 10.1. The summed E-state index contributed by atoms with van der Waals surface area (Å²) >= 11 is 3.47. The Morgan fingerprint density at radius 2 is 1.82 bits per heavy atom. The predicted octanol–water partition coefficient (Wildman–Crippen LogP) is 6.82. The van der Waals surface area contributed by atoms with Crippen LogP contribution in [0.2, 0.25) is 0 Å². The highest BCUT2D eigenvalue weighted by Crippen LogP contribution is 2.32. The van der Waals surface area contributed by atoms with Gasteiger partial charge in [-0.25, -0.2) is 9.37 Å². The van der Waals surface area contributed by atoms with Gasteiger partial charge in [0, 0.05) is 38.7 Å². The predicted molar refractivity (Wildman–Crippen MR) is 159 cm³/mol. The summed E-state index contributed by atoms with van der Waals surface area (Å²) < 4.78 is 17.3. The summed E-state index contributed by atoms with van der Waals surface area (Å²) in [5, 5.41) is 8.92. The first-order valence-corrected chi connectivity index (χ1v) is 14.2. The molecule has 0 unspecified atom stereocenters. The second kappa shape index (κ2) is 11.2. The first-order valence-electron chi connectivity index (χ1n) is 13.4. The molecule has 1 aliphatic rings. The second-order valence-corrected chi connectivity index (χ2v) is 11.0. The van der Waals surface area contributed by atoms with Gasteiger partial charge < -0.3 is 9.88 Å². The number of benzene rings is 3. The van der Waals surface area contributed by atoms with Crippen LogP contribution < -0.4 is 10.9 Å². The first kappa shape index (κ1) is 26.1. The maximum atomic E-state index is 13.7. The number of amides is 1. The molecule has 1 saturated carbocycles. The topological polar surface area (TPSA) is 81.3 Å². The minimum atomic E-state index is -0.363. The number of carbonyl (C=O) groups is 1. The average molecular weight is 600 g/mol. The molecule has 0 bridgehead atoms. The van der Waals surface area contributed by atoms with E-state index in [1.165, 1.54) is 35.4 Å². The Labute approximate surface area is 238 Å². The summed E-state index contributed by atoms with van der Waals surface area (Å²) in [7, 11) is 0. The van der Waals surface area contributed by atoms with Crippen LogP contribution in [0, 0.1) is 5.82 Å². The van der Waals surface area contributed by atoms with E-state index >= 15 is 0 Å². The van der Waals surface area contributed by atoms with Gasteiger partial charge in [-0.05, 0) is 61.4 Å². The van der Waals surface area contributed by atoms with Gasteiger partial charge in [-0.15, -0.1) is 0 Å². The zero-order valence-electron chi connectivity index (χ0n) is 21.7. The molecule has 0 radical (unpaired) electrons. The molecular weight excluding hydrogens is 573 g/mol. The number of fused-ring (bicyclic) bond motifs is 2. The molecular formula is C31H27BrFN5O2. The Morgan fingerprint density at radius 1 is 1.05 bits per heavy atom. The molecule has 5 aromatic rings. The lowest BCUT2D eigenvalue weighted by Gasteiger charge is -2.22. The van der Waals surface area contributed by atoms with Gasteiger partial charge in [-0.3, -0.25) is 9.59 Å². The Bertz CT molecular complexity index is 1800. The maximum Gasteiger partial charge on any atom is 0.282 e. The molecule has 3 aromatic carbocycles. The maximum absolute atomic E-state index is 13.7. The highest BCUT2D eigenvalue weighted by atomic mass is 79.9. The minimum absolute atomic E-state index is 0.0601. The van der Waals surface area contributed by atoms with Gasteiger partial charge in [0.15, 0.2) is 0 Å². The van der Waals surface area contributed by atoms with Crippen LogP contribution in [0.1, 0.15) is 49.4 Å². The van der Waals surface area contributed by atoms with E-state index in [0.717, 1.165) is 46.6 Å². The number of rotatable bonds is 6. The summed E-state index contributed by atoms with van der Waals surface area (Å²) in [6.45, 7) is 0.0601. The third kappa shape index (κ3) is 5.34. The van der Waals surface area contributed by atoms with Gasteiger partial charge >= 0.3 is 0 Å². The van der Waals surface area contributed by atoms with Gasteiger partial charge in [-0.2, -0.15) is 9.78 Å². The molecule has 40 heavy (non-hydrogen) atoms. The van der Waals surface area contributed by atoms with Crippen molar-refractivity contribution in [3.05, 3.63) is 105 Å². The zero-order valence-corrected chi connectivity index (χ0v) is 23.3. The van der Waals surface area contributed by atoms with Gasteiger partial charge in [0.2, 0.25) is 5.91 Å². The van der Waals surface area contributed by atoms with E-state index in [-0.39, 0.29) is 29.7 Å². The standard InChI is InChI=1S/C31H27BrFN5O2/c32-22-10-15-27-26(16-22)31(40)38(30(36-27)20-6-2-1-3-7-20)34-17-21-18-37(28-9-5-4-8-25(21)28)19-29(39)35-24-13-11-23(33)12-14-24/h4-5,8-18,20H,1-3,6-7,19H2,(H,35,39). The van der Waals surface area contributed by atoms with Crippen LogP contribution in [0.5, 0.6) is 0 Å². The lowest BCUT2D eigenvalue weighted by atomic mass is 9.88. The molecule has 1 amide bonds. The fourth-order valence-electron chi connectivity index (χ4n) is 5.42. The van der Waals surface area contributed by atoms with Crippen LogP contribution in [0.3, 0.4) is 0 Å². The lowest BCUT2D eigenvalue weighted by Crippen LogP contribution is -2.25. The van der Waals surface area contributed by atoms with Gasteiger partial charge in [0.05, 0.1) is 17.1 Å². The molecule has 6 rings (SSSR count). The van der Waals surface area contributed by atoms with Crippen molar-refractivity contribution >= 4 is 55.5 Å². The zero-order chi connectivity index (χ0) is 27.6. The number of hydrogen-bond donors (Lipinski definition) is 1. The smallest absolute Gasteiger partial charge is 0.282 e. The molecule has 202 valence electrons. The van der Waals surface area contributed by atoms with Crippen molar-refractivity contribution in [2.24, 2.45) is 5.10 Å². The van der Waals surface area contributed by atoms with Crippen LogP contribution in [-0.2, 0) is 11.3 Å². The summed E-state index contributed by atoms with van der Waals surface area (Å²) in [6, 6.07) is 18.9. The van der Waals surface area contributed by atoms with Crippen molar-refractivity contribution in [2.45, 2.75) is 44.6 Å². The summed E-state index contributed by atoms with van der Waals surface area (Å²) in [6.07, 6.45) is 8.90. The fourth-order valence-corrected chi connectivity index (χ4v) is 5.78. The highest BCUT2D eigenvalue weighted by molar-refractivity contribution is 9.10. The molecule has 1 N–H and O–H groups in total. The fraction of sp³-hybridized carbons (Fsp3) is 0.226. The molecule has 1 aliphatic carbocycles. The molecule has 0 saturated heterocycles. The van der Waals surface area contributed by atoms with Crippen molar-refractivity contribution < 1.29 is 9.18 Å². The van der Waals surface area contributed by atoms with Crippen LogP contribution in [0.15, 0.2) is 87.3 Å². The monoisotopic (exact) mass is 599 g/mol. The molecule has 9 heteroatoms. The largest absolute Gasteiger partial charge is 0.337 e. The number of aromatic nitrogens is 3. The van der Waals surface area contributed by atoms with Gasteiger partial charge in [0.25, 0.3) is 5.56 Å². The van der Waals surface area contributed by atoms with E-state index in [1.54, 1.807) is 12.3 Å². The number of halogens is 2. The van der Waals surface area contributed by atoms with Crippen molar-refractivity contribution in [3.8, 4) is 0 Å². The van der Waals surface area contributed by atoms with E-state index in [2.05, 4.69) is 21.2 Å². The lowest BCUT2D eigenvalue weighted by molar-refractivity contribution is -0.116.